The molecule has 2 aromatic rings. The van der Waals surface area contributed by atoms with Crippen LogP contribution in [-0.4, -0.2) is 28.8 Å². The van der Waals surface area contributed by atoms with Crippen molar-refractivity contribution in [3.63, 3.8) is 0 Å². The lowest BCUT2D eigenvalue weighted by Gasteiger charge is -2.29. The van der Waals surface area contributed by atoms with E-state index in [1.165, 1.54) is 11.8 Å². The summed E-state index contributed by atoms with van der Waals surface area (Å²) < 4.78 is 3.93. The van der Waals surface area contributed by atoms with Crippen LogP contribution in [0, 0.1) is 6.92 Å². The van der Waals surface area contributed by atoms with Crippen LogP contribution in [0.4, 0.5) is 0 Å². The molecule has 1 heterocycles. The maximum Gasteiger partial charge on any atom is 0.323 e. The van der Waals surface area contributed by atoms with Gasteiger partial charge < -0.3 is 15.2 Å². The smallest absolute Gasteiger partial charge is 0.323 e. The highest BCUT2D eigenvalue weighted by Crippen LogP contribution is 2.48. The summed E-state index contributed by atoms with van der Waals surface area (Å²) in [6.45, 7) is 1.97. The average Bonchev–Trinajstić information content (AvgIpc) is 2.94. The molecule has 1 aliphatic heterocycles. The van der Waals surface area contributed by atoms with E-state index in [0.29, 0.717) is 11.3 Å². The number of nitrogens with one attached hydrogen (secondary N) is 1. The van der Waals surface area contributed by atoms with Gasteiger partial charge in [-0.05, 0) is 36.8 Å². The number of aryl methyl sites for hydroxylation is 1. The fourth-order valence-electron chi connectivity index (χ4n) is 3.00. The van der Waals surface area contributed by atoms with Gasteiger partial charge in [0.05, 0.1) is 19.6 Å². The van der Waals surface area contributed by atoms with Gasteiger partial charge in [0.15, 0.2) is 4.75 Å². The summed E-state index contributed by atoms with van der Waals surface area (Å²) in [6.07, 6.45) is -0.0806. The van der Waals surface area contributed by atoms with Gasteiger partial charge in [0.2, 0.25) is 5.91 Å². The molecule has 0 radical (unpaired) electrons. The van der Waals surface area contributed by atoms with Crippen molar-refractivity contribution in [2.45, 2.75) is 29.0 Å². The number of carboxylic acid groups (broad SMARTS) is 1. The van der Waals surface area contributed by atoms with Crippen molar-refractivity contribution < 1.29 is 19.4 Å². The molecule has 5 nitrogen and oxygen atoms in total. The number of rotatable bonds is 5. The first-order valence-electron chi connectivity index (χ1n) is 7.87. The molecular weight excluding hydrogens is 338 g/mol. The summed E-state index contributed by atoms with van der Waals surface area (Å²) in [7, 11) is 1.55. The molecule has 0 saturated carbocycles. The number of ether oxygens (including phenoxy) is 1. The number of hydrogen-bond donors (Lipinski definition) is 2. The van der Waals surface area contributed by atoms with Gasteiger partial charge in [-0.25, -0.2) is 0 Å². The monoisotopic (exact) mass is 357 g/mol. The highest BCUT2D eigenvalue weighted by Gasteiger charge is 2.54. The fraction of sp³-hybridized carbons (Fsp3) is 0.263. The molecule has 0 bridgehead atoms. The Morgan fingerprint density at radius 1 is 1.28 bits per heavy atom. The number of aliphatic carboxylic acids is 1. The predicted molar refractivity (Wildman–Crippen MR) is 95.9 cm³/mol. The van der Waals surface area contributed by atoms with Crippen molar-refractivity contribution in [3.05, 3.63) is 59.7 Å². The third-order valence-electron chi connectivity index (χ3n) is 4.30. The van der Waals surface area contributed by atoms with E-state index in [9.17, 15) is 14.7 Å². The number of hydrogen-bond acceptors (Lipinski definition) is 4. The first-order chi connectivity index (χ1) is 11.9. The number of methoxy groups -OCH3 is 1. The highest BCUT2D eigenvalue weighted by atomic mass is 32.2. The van der Waals surface area contributed by atoms with Gasteiger partial charge >= 0.3 is 5.97 Å². The lowest BCUT2D eigenvalue weighted by Crippen LogP contribution is -2.40. The molecule has 0 aromatic heterocycles. The Hall–Kier alpha value is -2.47. The van der Waals surface area contributed by atoms with Gasteiger partial charge in [-0.3, -0.25) is 9.59 Å². The average molecular weight is 357 g/mol. The molecule has 1 fully saturated rings. The second kappa shape index (κ2) is 6.80. The lowest BCUT2D eigenvalue weighted by molar-refractivity contribution is -0.140. The SMILES string of the molecule is COc1cccc(C2NC(=O)CC2(Sc2ccc(C)cc2)C(=O)O)c1. The zero-order chi connectivity index (χ0) is 18.0. The summed E-state index contributed by atoms with van der Waals surface area (Å²) in [5.74, 6) is -0.655. The second-order valence-electron chi connectivity index (χ2n) is 6.06. The zero-order valence-electron chi connectivity index (χ0n) is 14.0. The Kier molecular flexibility index (Phi) is 4.72. The van der Waals surface area contributed by atoms with Crippen LogP contribution in [0.2, 0.25) is 0 Å². The van der Waals surface area contributed by atoms with Crippen molar-refractivity contribution in [2.24, 2.45) is 0 Å². The van der Waals surface area contributed by atoms with Crippen molar-refractivity contribution in [1.82, 2.24) is 5.32 Å². The summed E-state index contributed by atoms with van der Waals surface area (Å²) in [6, 6.07) is 14.2. The molecule has 1 saturated heterocycles. The van der Waals surface area contributed by atoms with Crippen LogP contribution in [0.3, 0.4) is 0 Å². The standard InChI is InChI=1S/C19H19NO4S/c1-12-6-8-15(9-7-12)25-19(18(22)23)11-16(21)20-17(19)13-4-3-5-14(10-13)24-2/h3-10,17H,11H2,1-2H3,(H,20,21)(H,22,23). The van der Waals surface area contributed by atoms with Crippen LogP contribution < -0.4 is 10.1 Å². The Labute approximate surface area is 150 Å². The minimum atomic E-state index is -1.31. The Balaban J connectivity index is 2.03. The van der Waals surface area contributed by atoms with Crippen LogP contribution in [0.25, 0.3) is 0 Å². The summed E-state index contributed by atoms with van der Waals surface area (Å²) in [5.41, 5.74) is 1.81. The van der Waals surface area contributed by atoms with Gasteiger partial charge in [-0.2, -0.15) is 0 Å². The normalized spacial score (nSPS) is 22.5. The van der Waals surface area contributed by atoms with E-state index in [4.69, 9.17) is 4.74 Å². The lowest BCUT2D eigenvalue weighted by atomic mass is 9.93. The van der Waals surface area contributed by atoms with E-state index in [2.05, 4.69) is 5.32 Å². The summed E-state index contributed by atoms with van der Waals surface area (Å²) in [4.78, 5) is 25.2. The Morgan fingerprint density at radius 2 is 2.00 bits per heavy atom. The van der Waals surface area contributed by atoms with E-state index in [0.717, 1.165) is 10.5 Å². The van der Waals surface area contributed by atoms with Crippen molar-refractivity contribution in [1.29, 1.82) is 0 Å². The van der Waals surface area contributed by atoms with Crippen LogP contribution in [0.5, 0.6) is 5.75 Å². The minimum Gasteiger partial charge on any atom is -0.497 e. The van der Waals surface area contributed by atoms with Crippen molar-refractivity contribution in [3.8, 4) is 5.75 Å². The number of amides is 1. The van der Waals surface area contributed by atoms with E-state index >= 15 is 0 Å². The Bertz CT molecular complexity index is 805. The number of benzene rings is 2. The molecule has 0 spiro atoms. The topological polar surface area (TPSA) is 75.6 Å². The predicted octanol–water partition coefficient (Wildman–Crippen LogP) is 3.18. The van der Waals surface area contributed by atoms with Crippen LogP contribution in [-0.2, 0) is 9.59 Å². The van der Waals surface area contributed by atoms with Crippen LogP contribution in [0.1, 0.15) is 23.6 Å². The van der Waals surface area contributed by atoms with Gasteiger partial charge in [-0.15, -0.1) is 11.8 Å². The zero-order valence-corrected chi connectivity index (χ0v) is 14.8. The van der Waals surface area contributed by atoms with E-state index in [1.54, 1.807) is 25.3 Å². The molecule has 2 aromatic carbocycles. The van der Waals surface area contributed by atoms with Crippen LogP contribution in [0.15, 0.2) is 53.4 Å². The first-order valence-corrected chi connectivity index (χ1v) is 8.68. The van der Waals surface area contributed by atoms with Crippen molar-refractivity contribution >= 4 is 23.6 Å². The van der Waals surface area contributed by atoms with Crippen LogP contribution >= 0.6 is 11.8 Å². The third-order valence-corrected chi connectivity index (χ3v) is 5.73. The molecule has 3 rings (SSSR count). The number of thioether (sulfide) groups is 1. The third kappa shape index (κ3) is 3.35. The number of carbonyl (C=O) groups is 2. The molecule has 1 amide bonds. The fourth-order valence-corrected chi connectivity index (χ4v) is 4.29. The molecule has 0 aliphatic carbocycles. The quantitative estimate of drug-likeness (QED) is 0.860. The first kappa shape index (κ1) is 17.4. The van der Waals surface area contributed by atoms with E-state index < -0.39 is 16.8 Å². The molecule has 2 unspecified atom stereocenters. The van der Waals surface area contributed by atoms with Gasteiger partial charge in [0, 0.05) is 4.90 Å². The number of carboxylic acids is 1. The second-order valence-corrected chi connectivity index (χ2v) is 7.47. The van der Waals surface area contributed by atoms with E-state index in [1.807, 2.05) is 37.3 Å². The minimum absolute atomic E-state index is 0.0806. The Morgan fingerprint density at radius 3 is 2.64 bits per heavy atom. The maximum atomic E-state index is 12.2. The van der Waals surface area contributed by atoms with Gasteiger partial charge in [0.25, 0.3) is 0 Å². The van der Waals surface area contributed by atoms with E-state index in [-0.39, 0.29) is 12.3 Å². The largest absolute Gasteiger partial charge is 0.497 e. The number of carbonyl (C=O) groups excluding carboxylic acids is 1. The molecule has 1 aliphatic rings. The highest BCUT2D eigenvalue weighted by molar-refractivity contribution is 8.01. The summed E-state index contributed by atoms with van der Waals surface area (Å²) >= 11 is 1.21. The van der Waals surface area contributed by atoms with Gasteiger partial charge in [0.1, 0.15) is 5.75 Å². The molecule has 25 heavy (non-hydrogen) atoms. The molecule has 6 heteroatoms. The maximum absolute atomic E-state index is 12.2. The molecule has 130 valence electrons. The molecule has 2 N–H and O–H groups in total. The molecular formula is C19H19NO4S. The van der Waals surface area contributed by atoms with Crippen molar-refractivity contribution in [2.75, 3.05) is 7.11 Å². The van der Waals surface area contributed by atoms with Gasteiger partial charge in [-0.1, -0.05) is 29.8 Å². The molecule has 2 atom stereocenters. The summed E-state index contributed by atoms with van der Waals surface area (Å²) in [5, 5.41) is 12.8.